The van der Waals surface area contributed by atoms with Gasteiger partial charge in [-0.15, -0.1) is 0 Å². The van der Waals surface area contributed by atoms with E-state index in [1.165, 1.54) is 0 Å². The van der Waals surface area contributed by atoms with Crippen molar-refractivity contribution in [2.75, 3.05) is 13.2 Å². The van der Waals surface area contributed by atoms with Gasteiger partial charge in [-0.3, -0.25) is 0 Å². The zero-order chi connectivity index (χ0) is 11.3. The fraction of sp³-hybridized carbons (Fsp3) is 0.545. The van der Waals surface area contributed by atoms with Gasteiger partial charge in [0.15, 0.2) is 10.9 Å². The van der Waals surface area contributed by atoms with Crippen molar-refractivity contribution in [3.05, 3.63) is 23.5 Å². The molecule has 0 saturated carbocycles. The van der Waals surface area contributed by atoms with Gasteiger partial charge in [0, 0.05) is 6.20 Å². The summed E-state index contributed by atoms with van der Waals surface area (Å²) in [5.74, 6) is 0.594. The Morgan fingerprint density at radius 2 is 2.07 bits per heavy atom. The first kappa shape index (κ1) is 12.3. The van der Waals surface area contributed by atoms with Crippen molar-refractivity contribution in [1.29, 1.82) is 0 Å². The standard InChI is InChI=1S/C11H16ClNO2/c1-11(2,3)15-8-7-14-9-5-4-6-13-10(9)12/h4-6H,7-8H2,1-3H3. The zero-order valence-electron chi connectivity index (χ0n) is 9.29. The molecule has 0 amide bonds. The number of halogens is 1. The van der Waals surface area contributed by atoms with Crippen molar-refractivity contribution in [1.82, 2.24) is 4.98 Å². The average Bonchev–Trinajstić information content (AvgIpc) is 2.13. The fourth-order valence-corrected chi connectivity index (χ4v) is 1.15. The number of nitrogens with zero attached hydrogens (tertiary/aromatic N) is 1. The lowest BCUT2D eigenvalue weighted by atomic mass is 10.2. The van der Waals surface area contributed by atoms with Gasteiger partial charge >= 0.3 is 0 Å². The molecule has 0 aromatic carbocycles. The molecule has 1 rings (SSSR count). The third kappa shape index (κ3) is 5.00. The normalized spacial score (nSPS) is 11.5. The van der Waals surface area contributed by atoms with Gasteiger partial charge in [0.25, 0.3) is 0 Å². The van der Waals surface area contributed by atoms with Crippen LogP contribution >= 0.6 is 11.6 Å². The number of hydrogen-bond donors (Lipinski definition) is 0. The Labute approximate surface area is 95.4 Å². The summed E-state index contributed by atoms with van der Waals surface area (Å²) in [5, 5.41) is 0.383. The quantitative estimate of drug-likeness (QED) is 0.588. The van der Waals surface area contributed by atoms with Crippen molar-refractivity contribution in [2.45, 2.75) is 26.4 Å². The third-order valence-corrected chi connectivity index (χ3v) is 1.88. The largest absolute Gasteiger partial charge is 0.488 e. The van der Waals surface area contributed by atoms with Crippen LogP contribution in [0.2, 0.25) is 5.15 Å². The van der Waals surface area contributed by atoms with Crippen molar-refractivity contribution < 1.29 is 9.47 Å². The van der Waals surface area contributed by atoms with E-state index >= 15 is 0 Å². The Morgan fingerprint density at radius 3 is 2.67 bits per heavy atom. The van der Waals surface area contributed by atoms with Gasteiger partial charge in [0.05, 0.1) is 12.2 Å². The molecule has 0 aliphatic heterocycles. The number of pyridine rings is 1. The maximum absolute atomic E-state index is 5.82. The highest BCUT2D eigenvalue weighted by Crippen LogP contribution is 2.20. The van der Waals surface area contributed by atoms with E-state index in [0.717, 1.165) is 0 Å². The summed E-state index contributed by atoms with van der Waals surface area (Å²) >= 11 is 5.82. The van der Waals surface area contributed by atoms with E-state index in [2.05, 4.69) is 4.98 Å². The highest BCUT2D eigenvalue weighted by atomic mass is 35.5. The molecule has 15 heavy (non-hydrogen) atoms. The minimum atomic E-state index is -0.137. The number of aromatic nitrogens is 1. The van der Waals surface area contributed by atoms with E-state index in [9.17, 15) is 0 Å². The van der Waals surface area contributed by atoms with Gasteiger partial charge in [-0.2, -0.15) is 0 Å². The summed E-state index contributed by atoms with van der Waals surface area (Å²) in [4.78, 5) is 3.91. The molecule has 0 aliphatic rings. The predicted octanol–water partition coefficient (Wildman–Crippen LogP) is 2.93. The second-order valence-corrected chi connectivity index (χ2v) is 4.46. The third-order valence-electron chi connectivity index (χ3n) is 1.60. The minimum absolute atomic E-state index is 0.137. The van der Waals surface area contributed by atoms with Crippen LogP contribution in [-0.4, -0.2) is 23.8 Å². The maximum Gasteiger partial charge on any atom is 0.171 e. The Balaban J connectivity index is 2.30. The molecule has 3 nitrogen and oxygen atoms in total. The predicted molar refractivity (Wildman–Crippen MR) is 60.4 cm³/mol. The molecule has 0 N–H and O–H groups in total. The van der Waals surface area contributed by atoms with Crippen LogP contribution in [0, 0.1) is 0 Å². The molecule has 0 fully saturated rings. The van der Waals surface area contributed by atoms with E-state index in [-0.39, 0.29) is 5.60 Å². The van der Waals surface area contributed by atoms with Crippen LogP contribution in [0.4, 0.5) is 0 Å². The van der Waals surface area contributed by atoms with Crippen LogP contribution in [0.15, 0.2) is 18.3 Å². The first-order valence-electron chi connectivity index (χ1n) is 4.86. The first-order chi connectivity index (χ1) is 6.99. The second kappa shape index (κ2) is 5.33. The second-order valence-electron chi connectivity index (χ2n) is 4.10. The Kier molecular flexibility index (Phi) is 4.36. The summed E-state index contributed by atoms with van der Waals surface area (Å²) < 4.78 is 10.9. The van der Waals surface area contributed by atoms with Gasteiger partial charge in [-0.1, -0.05) is 11.6 Å². The average molecular weight is 230 g/mol. The summed E-state index contributed by atoms with van der Waals surface area (Å²) in [6, 6.07) is 3.57. The topological polar surface area (TPSA) is 31.4 Å². The van der Waals surface area contributed by atoms with Crippen LogP contribution in [0.5, 0.6) is 5.75 Å². The van der Waals surface area contributed by atoms with E-state index in [1.807, 2.05) is 20.8 Å². The summed E-state index contributed by atoms with van der Waals surface area (Å²) in [7, 11) is 0. The first-order valence-corrected chi connectivity index (χ1v) is 5.24. The Bertz CT molecular complexity index is 310. The molecule has 0 unspecified atom stereocenters. The van der Waals surface area contributed by atoms with Gasteiger partial charge < -0.3 is 9.47 Å². The monoisotopic (exact) mass is 229 g/mol. The van der Waals surface area contributed by atoms with Gasteiger partial charge in [-0.05, 0) is 32.9 Å². The van der Waals surface area contributed by atoms with Gasteiger partial charge in [-0.25, -0.2) is 4.98 Å². The molecule has 0 radical (unpaired) electrons. The number of hydrogen-bond acceptors (Lipinski definition) is 3. The van der Waals surface area contributed by atoms with E-state index in [0.29, 0.717) is 24.1 Å². The SMILES string of the molecule is CC(C)(C)OCCOc1cccnc1Cl. The summed E-state index contributed by atoms with van der Waals surface area (Å²) in [6.45, 7) is 7.02. The highest BCUT2D eigenvalue weighted by molar-refractivity contribution is 6.30. The molecule has 0 atom stereocenters. The maximum atomic E-state index is 5.82. The van der Waals surface area contributed by atoms with Crippen LogP contribution in [0.25, 0.3) is 0 Å². The minimum Gasteiger partial charge on any atom is -0.488 e. The molecule has 1 aromatic rings. The Hall–Kier alpha value is -0.800. The van der Waals surface area contributed by atoms with Crippen LogP contribution in [0.1, 0.15) is 20.8 Å². The number of rotatable bonds is 4. The summed E-state index contributed by atoms with van der Waals surface area (Å²) in [6.07, 6.45) is 1.63. The molecule has 0 bridgehead atoms. The molecule has 1 aromatic heterocycles. The molecule has 4 heteroatoms. The van der Waals surface area contributed by atoms with Gasteiger partial charge in [0.1, 0.15) is 6.61 Å². The molecular weight excluding hydrogens is 214 g/mol. The van der Waals surface area contributed by atoms with Crippen molar-refractivity contribution in [3.63, 3.8) is 0 Å². The lowest BCUT2D eigenvalue weighted by Crippen LogP contribution is -2.22. The smallest absolute Gasteiger partial charge is 0.171 e. The van der Waals surface area contributed by atoms with Crippen LogP contribution < -0.4 is 4.74 Å². The molecule has 84 valence electrons. The van der Waals surface area contributed by atoms with Crippen LogP contribution in [0.3, 0.4) is 0 Å². The fourth-order valence-electron chi connectivity index (χ4n) is 0.978. The van der Waals surface area contributed by atoms with Crippen molar-refractivity contribution in [2.24, 2.45) is 0 Å². The number of ether oxygens (including phenoxy) is 2. The molecule has 0 saturated heterocycles. The molecular formula is C11H16ClNO2. The van der Waals surface area contributed by atoms with E-state index in [4.69, 9.17) is 21.1 Å². The molecule has 0 aliphatic carbocycles. The Morgan fingerprint density at radius 1 is 1.33 bits per heavy atom. The summed E-state index contributed by atoms with van der Waals surface area (Å²) in [5.41, 5.74) is -0.137. The highest BCUT2D eigenvalue weighted by Gasteiger charge is 2.09. The molecule has 1 heterocycles. The van der Waals surface area contributed by atoms with Crippen molar-refractivity contribution in [3.8, 4) is 5.75 Å². The lowest BCUT2D eigenvalue weighted by Gasteiger charge is -2.19. The van der Waals surface area contributed by atoms with E-state index < -0.39 is 0 Å². The zero-order valence-corrected chi connectivity index (χ0v) is 10.0. The van der Waals surface area contributed by atoms with E-state index in [1.54, 1.807) is 18.3 Å². The molecule has 0 spiro atoms. The van der Waals surface area contributed by atoms with Gasteiger partial charge in [0.2, 0.25) is 0 Å². The van der Waals surface area contributed by atoms with Crippen LogP contribution in [-0.2, 0) is 4.74 Å². The van der Waals surface area contributed by atoms with Crippen molar-refractivity contribution >= 4 is 11.6 Å². The lowest BCUT2D eigenvalue weighted by molar-refractivity contribution is -0.0163.